The van der Waals surface area contributed by atoms with Gasteiger partial charge in [-0.25, -0.2) is 0 Å². The van der Waals surface area contributed by atoms with Crippen LogP contribution in [0.3, 0.4) is 0 Å². The van der Waals surface area contributed by atoms with Crippen molar-refractivity contribution in [3.63, 3.8) is 0 Å². The lowest BCUT2D eigenvalue weighted by Gasteiger charge is -2.30. The van der Waals surface area contributed by atoms with Crippen LogP contribution in [0, 0.1) is 6.92 Å². The Morgan fingerprint density at radius 1 is 1.18 bits per heavy atom. The fourth-order valence-electron chi connectivity index (χ4n) is 3.01. The van der Waals surface area contributed by atoms with E-state index in [1.807, 2.05) is 0 Å². The largest absolute Gasteiger partial charge is 0.425 e. The molecular formula is C18H25N3O. The zero-order valence-corrected chi connectivity index (χ0v) is 13.7. The van der Waals surface area contributed by atoms with Gasteiger partial charge < -0.3 is 4.42 Å². The van der Waals surface area contributed by atoms with E-state index in [-0.39, 0.29) is 0 Å². The van der Waals surface area contributed by atoms with E-state index >= 15 is 0 Å². The maximum absolute atomic E-state index is 5.82. The normalized spacial score (nSPS) is 17.3. The summed E-state index contributed by atoms with van der Waals surface area (Å²) in [6.07, 6.45) is 2.21. The molecule has 1 aromatic carbocycles. The molecule has 0 bridgehead atoms. The van der Waals surface area contributed by atoms with Crippen molar-refractivity contribution in [2.75, 3.05) is 13.1 Å². The van der Waals surface area contributed by atoms with Crippen LogP contribution in [0.5, 0.6) is 0 Å². The number of aryl methyl sites for hydroxylation is 1. The van der Waals surface area contributed by atoms with E-state index in [1.54, 1.807) is 0 Å². The maximum Gasteiger partial charge on any atom is 0.219 e. The number of aromatic nitrogens is 2. The first kappa shape index (κ1) is 15.2. The van der Waals surface area contributed by atoms with Gasteiger partial charge in [-0.1, -0.05) is 38.1 Å². The zero-order valence-electron chi connectivity index (χ0n) is 13.7. The van der Waals surface area contributed by atoms with E-state index in [1.165, 1.54) is 11.1 Å². The molecule has 2 heterocycles. The van der Waals surface area contributed by atoms with Crippen LogP contribution in [0.1, 0.15) is 61.4 Å². The van der Waals surface area contributed by atoms with Crippen LogP contribution >= 0.6 is 0 Å². The number of hydrogen-bond donors (Lipinski definition) is 0. The smallest absolute Gasteiger partial charge is 0.219 e. The summed E-state index contributed by atoms with van der Waals surface area (Å²) in [4.78, 5) is 2.53. The minimum absolute atomic E-state index is 0.308. The standard InChI is InChI=1S/C18H25N3O/c1-13(2)17-19-20-18(22-17)15-8-10-21(11-9-15)12-16-7-5-4-6-14(16)3/h4-7,13,15H,8-12H2,1-3H3. The second-order valence-electron chi connectivity index (χ2n) is 6.61. The Labute approximate surface area is 132 Å². The number of likely N-dealkylation sites (tertiary alicyclic amines) is 1. The van der Waals surface area contributed by atoms with Crippen molar-refractivity contribution < 1.29 is 4.42 Å². The van der Waals surface area contributed by atoms with E-state index in [9.17, 15) is 0 Å². The fraction of sp³-hybridized carbons (Fsp3) is 0.556. The highest BCUT2D eigenvalue weighted by Crippen LogP contribution is 2.29. The summed E-state index contributed by atoms with van der Waals surface area (Å²) < 4.78 is 5.82. The third-order valence-corrected chi connectivity index (χ3v) is 4.54. The topological polar surface area (TPSA) is 42.2 Å². The molecule has 0 N–H and O–H groups in total. The second-order valence-corrected chi connectivity index (χ2v) is 6.61. The SMILES string of the molecule is Cc1ccccc1CN1CCC(c2nnc(C(C)C)o2)CC1. The highest BCUT2D eigenvalue weighted by molar-refractivity contribution is 5.25. The average molecular weight is 299 g/mol. The minimum Gasteiger partial charge on any atom is -0.425 e. The van der Waals surface area contributed by atoms with Crippen molar-refractivity contribution in [1.29, 1.82) is 0 Å². The minimum atomic E-state index is 0.308. The van der Waals surface area contributed by atoms with Gasteiger partial charge in [0.2, 0.25) is 11.8 Å². The van der Waals surface area contributed by atoms with Crippen LogP contribution in [0.25, 0.3) is 0 Å². The molecule has 118 valence electrons. The predicted octanol–water partition coefficient (Wildman–Crippen LogP) is 3.88. The summed E-state index contributed by atoms with van der Waals surface area (Å²) in [5.74, 6) is 2.33. The molecule has 0 radical (unpaired) electrons. The van der Waals surface area contributed by atoms with Crippen LogP contribution < -0.4 is 0 Å². The first-order valence-electron chi connectivity index (χ1n) is 8.23. The molecule has 0 aliphatic carbocycles. The Bertz CT molecular complexity index is 612. The van der Waals surface area contributed by atoms with Crippen molar-refractivity contribution in [2.24, 2.45) is 0 Å². The monoisotopic (exact) mass is 299 g/mol. The van der Waals surface area contributed by atoms with Gasteiger partial charge in [-0.15, -0.1) is 10.2 Å². The lowest BCUT2D eigenvalue weighted by Crippen LogP contribution is -2.32. The van der Waals surface area contributed by atoms with Gasteiger partial charge in [0.1, 0.15) is 0 Å². The van der Waals surface area contributed by atoms with Gasteiger partial charge in [0.25, 0.3) is 0 Å². The van der Waals surface area contributed by atoms with E-state index < -0.39 is 0 Å². The molecule has 4 heteroatoms. The third kappa shape index (κ3) is 3.38. The summed E-state index contributed by atoms with van der Waals surface area (Å²) in [6.45, 7) is 9.59. The summed E-state index contributed by atoms with van der Waals surface area (Å²) in [6, 6.07) is 8.65. The molecule has 2 aromatic rings. The Balaban J connectivity index is 1.57. The number of nitrogens with zero attached hydrogens (tertiary/aromatic N) is 3. The maximum atomic E-state index is 5.82. The molecule has 0 spiro atoms. The molecular weight excluding hydrogens is 274 g/mol. The van der Waals surface area contributed by atoms with Crippen LogP contribution in [-0.2, 0) is 6.54 Å². The lowest BCUT2D eigenvalue weighted by atomic mass is 9.96. The molecule has 22 heavy (non-hydrogen) atoms. The first-order chi connectivity index (χ1) is 10.6. The molecule has 0 amide bonds. The summed E-state index contributed by atoms with van der Waals surface area (Å²) in [5.41, 5.74) is 2.81. The molecule has 0 saturated carbocycles. The second kappa shape index (κ2) is 6.61. The van der Waals surface area contributed by atoms with Crippen LogP contribution in [-0.4, -0.2) is 28.2 Å². The summed E-state index contributed by atoms with van der Waals surface area (Å²) in [5, 5.41) is 8.41. The van der Waals surface area contributed by atoms with Gasteiger partial charge in [-0.05, 0) is 44.0 Å². The molecule has 0 unspecified atom stereocenters. The third-order valence-electron chi connectivity index (χ3n) is 4.54. The Morgan fingerprint density at radius 3 is 2.55 bits per heavy atom. The molecule has 3 rings (SSSR count). The van der Waals surface area contributed by atoms with Crippen molar-refractivity contribution in [1.82, 2.24) is 15.1 Å². The summed E-state index contributed by atoms with van der Waals surface area (Å²) in [7, 11) is 0. The van der Waals surface area contributed by atoms with Gasteiger partial charge in [0.15, 0.2) is 0 Å². The molecule has 1 saturated heterocycles. The van der Waals surface area contributed by atoms with Gasteiger partial charge in [-0.3, -0.25) is 4.90 Å². The fourth-order valence-corrected chi connectivity index (χ4v) is 3.01. The number of benzene rings is 1. The Kier molecular flexibility index (Phi) is 4.57. The molecule has 1 fully saturated rings. The van der Waals surface area contributed by atoms with E-state index in [4.69, 9.17) is 4.42 Å². The Hall–Kier alpha value is -1.68. The van der Waals surface area contributed by atoms with Crippen molar-refractivity contribution in [3.05, 3.63) is 47.2 Å². The molecule has 1 aliphatic rings. The highest BCUT2D eigenvalue weighted by atomic mass is 16.4. The predicted molar refractivity (Wildman–Crippen MR) is 86.8 cm³/mol. The van der Waals surface area contributed by atoms with Gasteiger partial charge in [0.05, 0.1) is 0 Å². The van der Waals surface area contributed by atoms with Crippen molar-refractivity contribution >= 4 is 0 Å². The highest BCUT2D eigenvalue weighted by Gasteiger charge is 2.25. The van der Waals surface area contributed by atoms with Crippen molar-refractivity contribution in [3.8, 4) is 0 Å². The molecule has 1 aliphatic heterocycles. The molecule has 1 aromatic heterocycles. The van der Waals surface area contributed by atoms with E-state index in [0.717, 1.165) is 44.3 Å². The van der Waals surface area contributed by atoms with Crippen LogP contribution in [0.2, 0.25) is 0 Å². The average Bonchev–Trinajstić information content (AvgIpc) is 3.00. The zero-order chi connectivity index (χ0) is 15.5. The van der Waals surface area contributed by atoms with E-state index in [0.29, 0.717) is 11.8 Å². The first-order valence-corrected chi connectivity index (χ1v) is 8.23. The molecule has 4 nitrogen and oxygen atoms in total. The summed E-state index contributed by atoms with van der Waals surface area (Å²) >= 11 is 0. The van der Waals surface area contributed by atoms with Crippen molar-refractivity contribution in [2.45, 2.75) is 52.0 Å². The number of rotatable bonds is 4. The van der Waals surface area contributed by atoms with Crippen LogP contribution in [0.15, 0.2) is 28.7 Å². The van der Waals surface area contributed by atoms with Crippen LogP contribution in [0.4, 0.5) is 0 Å². The van der Waals surface area contributed by atoms with Gasteiger partial charge in [-0.2, -0.15) is 0 Å². The van der Waals surface area contributed by atoms with E-state index in [2.05, 4.69) is 60.1 Å². The van der Waals surface area contributed by atoms with Gasteiger partial charge >= 0.3 is 0 Å². The lowest BCUT2D eigenvalue weighted by molar-refractivity contribution is 0.191. The molecule has 0 atom stereocenters. The Morgan fingerprint density at radius 2 is 1.91 bits per heavy atom. The quantitative estimate of drug-likeness (QED) is 0.859. The number of hydrogen-bond acceptors (Lipinski definition) is 4. The van der Waals surface area contributed by atoms with Gasteiger partial charge in [0, 0.05) is 18.4 Å². The number of piperidine rings is 1.